The van der Waals surface area contributed by atoms with Gasteiger partial charge in [-0.3, -0.25) is 0 Å². The minimum absolute atomic E-state index is 0.143. The van der Waals surface area contributed by atoms with E-state index in [1.165, 1.54) is 51.4 Å². The maximum absolute atomic E-state index is 10.3. The molecular formula is C14H25O2. The van der Waals surface area contributed by atoms with Gasteiger partial charge >= 0.3 is 6.47 Å². The zero-order valence-electron chi connectivity index (χ0n) is 10.5. The second kappa shape index (κ2) is 8.60. The maximum Gasteiger partial charge on any atom is 0.417 e. The molecule has 1 saturated carbocycles. The summed E-state index contributed by atoms with van der Waals surface area (Å²) in [6.07, 6.45) is 12.7. The molecule has 2 nitrogen and oxygen atoms in total. The summed E-state index contributed by atoms with van der Waals surface area (Å²) in [7, 11) is 0. The Kier molecular flexibility index (Phi) is 7.28. The van der Waals surface area contributed by atoms with Crippen molar-refractivity contribution in [3.63, 3.8) is 0 Å². The van der Waals surface area contributed by atoms with Crippen LogP contribution in [0.15, 0.2) is 0 Å². The first-order valence-corrected chi connectivity index (χ1v) is 6.89. The van der Waals surface area contributed by atoms with Crippen molar-refractivity contribution in [2.24, 2.45) is 5.92 Å². The van der Waals surface area contributed by atoms with Crippen LogP contribution in [0.25, 0.3) is 0 Å². The van der Waals surface area contributed by atoms with Gasteiger partial charge in [0, 0.05) is 0 Å². The molecule has 0 aromatic carbocycles. The molecule has 1 radical (unpaired) electrons. The number of hydrogen-bond acceptors (Lipinski definition) is 2. The molecule has 1 aliphatic carbocycles. The van der Waals surface area contributed by atoms with Crippen molar-refractivity contribution < 1.29 is 9.53 Å². The first-order chi connectivity index (χ1) is 7.86. The van der Waals surface area contributed by atoms with E-state index >= 15 is 0 Å². The summed E-state index contributed by atoms with van der Waals surface area (Å²) in [5, 5.41) is 0. The van der Waals surface area contributed by atoms with Crippen molar-refractivity contribution in [2.45, 2.75) is 77.2 Å². The smallest absolute Gasteiger partial charge is 0.417 e. The molecule has 0 aliphatic heterocycles. The molecule has 1 aliphatic rings. The molecule has 0 N–H and O–H groups in total. The van der Waals surface area contributed by atoms with E-state index in [1.54, 1.807) is 6.47 Å². The Bertz CT molecular complexity index is 180. The zero-order valence-corrected chi connectivity index (χ0v) is 10.5. The number of unbranched alkanes of at least 4 members (excludes halogenated alkanes) is 2. The van der Waals surface area contributed by atoms with Crippen molar-refractivity contribution in [2.75, 3.05) is 0 Å². The maximum atomic E-state index is 10.3. The Hall–Kier alpha value is -0.530. The summed E-state index contributed by atoms with van der Waals surface area (Å²) in [5.41, 5.74) is 0. The molecule has 0 bridgehead atoms. The minimum Gasteiger partial charge on any atom is -0.454 e. The Morgan fingerprint density at radius 1 is 1.19 bits per heavy atom. The molecule has 2 unspecified atom stereocenters. The van der Waals surface area contributed by atoms with Gasteiger partial charge in [-0.25, -0.2) is 4.79 Å². The van der Waals surface area contributed by atoms with E-state index in [2.05, 4.69) is 6.92 Å². The van der Waals surface area contributed by atoms with Gasteiger partial charge in [-0.15, -0.1) is 0 Å². The molecule has 2 heteroatoms. The number of rotatable bonds is 6. The third kappa shape index (κ3) is 5.53. The van der Waals surface area contributed by atoms with Crippen LogP contribution >= 0.6 is 0 Å². The fourth-order valence-electron chi connectivity index (χ4n) is 2.71. The Balaban J connectivity index is 2.30. The molecule has 16 heavy (non-hydrogen) atoms. The van der Waals surface area contributed by atoms with Crippen LogP contribution in [-0.2, 0) is 9.53 Å². The third-order valence-corrected chi connectivity index (χ3v) is 3.67. The summed E-state index contributed by atoms with van der Waals surface area (Å²) in [5.74, 6) is 0.769. The van der Waals surface area contributed by atoms with E-state index in [1.807, 2.05) is 0 Å². The summed E-state index contributed by atoms with van der Waals surface area (Å²) in [6, 6.07) is 0. The summed E-state index contributed by atoms with van der Waals surface area (Å²) in [4.78, 5) is 10.3. The highest BCUT2D eigenvalue weighted by Gasteiger charge is 2.19. The Morgan fingerprint density at radius 2 is 2.00 bits per heavy atom. The lowest BCUT2D eigenvalue weighted by Crippen LogP contribution is -2.19. The van der Waals surface area contributed by atoms with Gasteiger partial charge < -0.3 is 4.74 Å². The summed E-state index contributed by atoms with van der Waals surface area (Å²) < 4.78 is 5.05. The van der Waals surface area contributed by atoms with Gasteiger partial charge in [-0.2, -0.15) is 0 Å². The lowest BCUT2D eigenvalue weighted by atomic mass is 9.86. The van der Waals surface area contributed by atoms with Gasteiger partial charge in [-0.05, 0) is 25.2 Å². The standard InChI is InChI=1S/C14H25O2/c1-2-3-5-8-13-9-6-4-7-10-14(11-13)16-12-15/h13-14H,2-11H2,1H3. The van der Waals surface area contributed by atoms with Crippen LogP contribution in [0.1, 0.15) is 71.1 Å². The van der Waals surface area contributed by atoms with Crippen LogP contribution in [0.4, 0.5) is 0 Å². The normalized spacial score (nSPS) is 26.8. The van der Waals surface area contributed by atoms with Crippen molar-refractivity contribution in [3.05, 3.63) is 0 Å². The molecule has 0 aromatic rings. The predicted molar refractivity (Wildman–Crippen MR) is 65.9 cm³/mol. The van der Waals surface area contributed by atoms with Crippen LogP contribution in [0.2, 0.25) is 0 Å². The molecule has 0 saturated heterocycles. The zero-order chi connectivity index (χ0) is 11.6. The van der Waals surface area contributed by atoms with E-state index in [4.69, 9.17) is 4.74 Å². The Morgan fingerprint density at radius 3 is 2.75 bits per heavy atom. The lowest BCUT2D eigenvalue weighted by molar-refractivity contribution is 0.120. The first-order valence-electron chi connectivity index (χ1n) is 6.89. The topological polar surface area (TPSA) is 26.3 Å². The predicted octanol–water partition coefficient (Wildman–Crippen LogP) is 3.99. The SMILES string of the molecule is CCCCCC1CCCCCC(O[C]=O)C1. The minimum atomic E-state index is 0.143. The molecule has 2 atom stereocenters. The van der Waals surface area contributed by atoms with Gasteiger partial charge in [0.1, 0.15) is 6.10 Å². The highest BCUT2D eigenvalue weighted by atomic mass is 16.5. The van der Waals surface area contributed by atoms with Gasteiger partial charge in [0.25, 0.3) is 0 Å². The number of carbonyl (C=O) groups excluding carboxylic acids is 1. The number of hydrogen-bond donors (Lipinski definition) is 0. The summed E-state index contributed by atoms with van der Waals surface area (Å²) >= 11 is 0. The second-order valence-electron chi connectivity index (χ2n) is 5.06. The fourth-order valence-corrected chi connectivity index (χ4v) is 2.71. The average Bonchev–Trinajstić information content (AvgIpc) is 2.24. The van der Waals surface area contributed by atoms with Crippen molar-refractivity contribution in [3.8, 4) is 0 Å². The molecule has 0 amide bonds. The van der Waals surface area contributed by atoms with Gasteiger partial charge in [0.05, 0.1) is 0 Å². The lowest BCUT2D eigenvalue weighted by Gasteiger charge is -2.24. The quantitative estimate of drug-likeness (QED) is 0.639. The third-order valence-electron chi connectivity index (χ3n) is 3.67. The fraction of sp³-hybridized carbons (Fsp3) is 0.929. The highest BCUT2D eigenvalue weighted by Crippen LogP contribution is 2.28. The Labute approximate surface area is 99.8 Å². The first kappa shape index (κ1) is 13.5. The van der Waals surface area contributed by atoms with Crippen molar-refractivity contribution in [1.82, 2.24) is 0 Å². The van der Waals surface area contributed by atoms with Gasteiger partial charge in [0.2, 0.25) is 0 Å². The van der Waals surface area contributed by atoms with E-state index in [-0.39, 0.29) is 6.10 Å². The molecule has 1 rings (SSSR count). The second-order valence-corrected chi connectivity index (χ2v) is 5.06. The molecule has 0 spiro atoms. The van der Waals surface area contributed by atoms with Crippen LogP contribution in [0, 0.1) is 5.92 Å². The van der Waals surface area contributed by atoms with Gasteiger partial charge in [-0.1, -0.05) is 51.9 Å². The molecule has 93 valence electrons. The van der Waals surface area contributed by atoms with Crippen molar-refractivity contribution in [1.29, 1.82) is 0 Å². The highest BCUT2D eigenvalue weighted by molar-refractivity contribution is 5.38. The van der Waals surface area contributed by atoms with Crippen LogP contribution in [0.3, 0.4) is 0 Å². The van der Waals surface area contributed by atoms with Crippen LogP contribution in [0.5, 0.6) is 0 Å². The van der Waals surface area contributed by atoms with E-state index < -0.39 is 0 Å². The monoisotopic (exact) mass is 225 g/mol. The number of ether oxygens (including phenoxy) is 1. The molecule has 1 fully saturated rings. The average molecular weight is 225 g/mol. The van der Waals surface area contributed by atoms with E-state index in [0.717, 1.165) is 18.8 Å². The van der Waals surface area contributed by atoms with Gasteiger partial charge in [0.15, 0.2) is 0 Å². The van der Waals surface area contributed by atoms with Crippen LogP contribution in [-0.4, -0.2) is 12.6 Å². The molecule has 0 aromatic heterocycles. The van der Waals surface area contributed by atoms with Crippen molar-refractivity contribution >= 4 is 6.47 Å². The molecular weight excluding hydrogens is 200 g/mol. The molecule has 0 heterocycles. The largest absolute Gasteiger partial charge is 0.454 e. The van der Waals surface area contributed by atoms with E-state index in [0.29, 0.717) is 0 Å². The van der Waals surface area contributed by atoms with Crippen LogP contribution < -0.4 is 0 Å². The van der Waals surface area contributed by atoms with E-state index in [9.17, 15) is 4.79 Å². The summed E-state index contributed by atoms with van der Waals surface area (Å²) in [6.45, 7) is 3.86.